The van der Waals surface area contributed by atoms with Crippen LogP contribution in [0.3, 0.4) is 0 Å². The van der Waals surface area contributed by atoms with Crippen LogP contribution in [0.5, 0.6) is 0 Å². The van der Waals surface area contributed by atoms with Gasteiger partial charge in [-0.05, 0) is 29.3 Å². The fourth-order valence-corrected chi connectivity index (χ4v) is 4.32. The average Bonchev–Trinajstić information content (AvgIpc) is 3.30. The molecule has 0 bridgehead atoms. The van der Waals surface area contributed by atoms with Gasteiger partial charge in [-0.15, -0.1) is 5.10 Å². The zero-order chi connectivity index (χ0) is 19.7. The summed E-state index contributed by atoms with van der Waals surface area (Å²) < 4.78 is 7.02. The van der Waals surface area contributed by atoms with Gasteiger partial charge in [0.2, 0.25) is 5.91 Å². The number of rotatable bonds is 5. The molecule has 3 atom stereocenters. The van der Waals surface area contributed by atoms with Crippen molar-refractivity contribution >= 4 is 11.9 Å². The Balaban J connectivity index is 1.63. The van der Waals surface area contributed by atoms with E-state index in [4.69, 9.17) is 4.74 Å². The first kappa shape index (κ1) is 18.5. The summed E-state index contributed by atoms with van der Waals surface area (Å²) in [6.45, 7) is 3.09. The molecule has 1 aromatic carbocycles. The van der Waals surface area contributed by atoms with Crippen LogP contribution in [0, 0.1) is 18.3 Å². The lowest BCUT2D eigenvalue weighted by molar-refractivity contribution is -0.157. The maximum absolute atomic E-state index is 13.5. The number of carbonyl (C=O) groups is 2. The number of aryl methyl sites for hydroxylation is 1. The number of tetrazole rings is 1. The van der Waals surface area contributed by atoms with Crippen LogP contribution >= 0.6 is 0 Å². The number of ether oxygens (including phenoxy) is 1. The van der Waals surface area contributed by atoms with Gasteiger partial charge in [0.05, 0.1) is 12.0 Å². The fourth-order valence-electron chi connectivity index (χ4n) is 4.32. The summed E-state index contributed by atoms with van der Waals surface area (Å²) in [6.07, 6.45) is 0.854. The third-order valence-electron chi connectivity index (χ3n) is 5.95. The molecule has 3 heterocycles. The Bertz CT molecular complexity index is 870. The van der Waals surface area contributed by atoms with Gasteiger partial charge in [-0.25, -0.2) is 4.68 Å². The number of aliphatic carboxylic acids is 1. The smallest absolute Gasteiger partial charge is 0.311 e. The molecule has 148 valence electrons. The number of carboxylic acids is 1. The molecule has 2 fully saturated rings. The Kier molecular flexibility index (Phi) is 4.84. The number of hydrogen-bond donors (Lipinski definition) is 1. The highest BCUT2D eigenvalue weighted by atomic mass is 16.5. The molecule has 4 rings (SSSR count). The third-order valence-corrected chi connectivity index (χ3v) is 5.95. The Morgan fingerprint density at radius 3 is 2.79 bits per heavy atom. The van der Waals surface area contributed by atoms with Crippen molar-refractivity contribution in [1.82, 2.24) is 25.1 Å². The molecule has 9 nitrogen and oxygen atoms in total. The van der Waals surface area contributed by atoms with Gasteiger partial charge in [0.25, 0.3) is 0 Å². The Morgan fingerprint density at radius 2 is 2.14 bits per heavy atom. The summed E-state index contributed by atoms with van der Waals surface area (Å²) in [4.78, 5) is 27.2. The molecule has 1 unspecified atom stereocenters. The van der Waals surface area contributed by atoms with E-state index in [1.807, 2.05) is 30.3 Å². The highest BCUT2D eigenvalue weighted by Gasteiger charge is 2.55. The van der Waals surface area contributed by atoms with E-state index in [1.54, 1.807) is 11.8 Å². The summed E-state index contributed by atoms with van der Waals surface area (Å²) >= 11 is 0. The largest absolute Gasteiger partial charge is 0.481 e. The number of aromatic nitrogens is 4. The molecule has 0 spiro atoms. The zero-order valence-corrected chi connectivity index (χ0v) is 15.7. The standard InChI is InChI=1S/C19H23N5O4/c1-13-20-21-22-24(13)16(9-14-5-3-2-4-6-14)17(25)23-10-15-11-28-8-7-19(15,12-23)18(26)27/h2-6,15-16H,7-12H2,1H3,(H,26,27)/t15-,16?,19+/m0/s1. The molecule has 2 saturated heterocycles. The van der Waals surface area contributed by atoms with Crippen LogP contribution in [-0.4, -0.2) is 68.4 Å². The van der Waals surface area contributed by atoms with Gasteiger partial charge >= 0.3 is 5.97 Å². The van der Waals surface area contributed by atoms with Crippen LogP contribution in [0.2, 0.25) is 0 Å². The topological polar surface area (TPSA) is 110 Å². The number of hydrogen-bond acceptors (Lipinski definition) is 6. The van der Waals surface area contributed by atoms with Crippen LogP contribution in [0.1, 0.15) is 23.9 Å². The monoisotopic (exact) mass is 385 g/mol. The van der Waals surface area contributed by atoms with Crippen LogP contribution in [-0.2, 0) is 20.7 Å². The van der Waals surface area contributed by atoms with E-state index in [2.05, 4.69) is 15.5 Å². The average molecular weight is 385 g/mol. The predicted molar refractivity (Wildman–Crippen MR) is 97.3 cm³/mol. The molecule has 2 aliphatic heterocycles. The summed E-state index contributed by atoms with van der Waals surface area (Å²) in [5.74, 6) is -0.666. The minimum atomic E-state index is -0.930. The minimum absolute atomic E-state index is 0.158. The molecule has 9 heteroatoms. The number of amides is 1. The normalized spacial score (nSPS) is 25.3. The molecule has 1 amide bonds. The van der Waals surface area contributed by atoms with Crippen molar-refractivity contribution in [3.8, 4) is 0 Å². The highest BCUT2D eigenvalue weighted by molar-refractivity contribution is 5.84. The van der Waals surface area contributed by atoms with Gasteiger partial charge in [-0.1, -0.05) is 30.3 Å². The number of nitrogens with zero attached hydrogens (tertiary/aromatic N) is 5. The Labute approximate surface area is 162 Å². The van der Waals surface area contributed by atoms with Gasteiger partial charge in [-0.3, -0.25) is 9.59 Å². The maximum atomic E-state index is 13.5. The number of benzene rings is 1. The summed E-state index contributed by atoms with van der Waals surface area (Å²) in [7, 11) is 0. The first-order chi connectivity index (χ1) is 13.5. The first-order valence-electron chi connectivity index (χ1n) is 9.39. The lowest BCUT2D eigenvalue weighted by Gasteiger charge is -2.34. The molecule has 2 aliphatic rings. The van der Waals surface area contributed by atoms with Gasteiger partial charge in [0.1, 0.15) is 11.9 Å². The van der Waals surface area contributed by atoms with Crippen molar-refractivity contribution in [1.29, 1.82) is 0 Å². The summed E-state index contributed by atoms with van der Waals surface area (Å²) in [6, 6.07) is 9.05. The molecule has 2 aromatic rings. The zero-order valence-electron chi connectivity index (χ0n) is 15.7. The number of likely N-dealkylation sites (tertiary alicyclic amines) is 1. The van der Waals surface area contributed by atoms with E-state index in [9.17, 15) is 14.7 Å². The second-order valence-corrected chi connectivity index (χ2v) is 7.58. The van der Waals surface area contributed by atoms with Crippen molar-refractivity contribution in [3.05, 3.63) is 41.7 Å². The number of fused-ring (bicyclic) bond motifs is 1. The number of carboxylic acid groups (broad SMARTS) is 1. The molecular formula is C19H23N5O4. The van der Waals surface area contributed by atoms with Gasteiger partial charge in [-0.2, -0.15) is 0 Å². The molecule has 0 aliphatic carbocycles. The van der Waals surface area contributed by atoms with E-state index >= 15 is 0 Å². The van der Waals surface area contributed by atoms with Crippen molar-refractivity contribution in [2.45, 2.75) is 25.8 Å². The van der Waals surface area contributed by atoms with E-state index in [-0.39, 0.29) is 18.4 Å². The van der Waals surface area contributed by atoms with Crippen LogP contribution in [0.15, 0.2) is 30.3 Å². The Morgan fingerprint density at radius 1 is 1.36 bits per heavy atom. The van der Waals surface area contributed by atoms with Crippen LogP contribution in [0.25, 0.3) is 0 Å². The highest BCUT2D eigenvalue weighted by Crippen LogP contribution is 2.43. The lowest BCUT2D eigenvalue weighted by atomic mass is 9.74. The quantitative estimate of drug-likeness (QED) is 0.807. The summed E-state index contributed by atoms with van der Waals surface area (Å²) in [5.41, 5.74) is 0.0598. The first-order valence-corrected chi connectivity index (χ1v) is 9.39. The molecular weight excluding hydrogens is 362 g/mol. The molecule has 1 aromatic heterocycles. The summed E-state index contributed by atoms with van der Waals surface area (Å²) in [5, 5.41) is 21.5. The SMILES string of the molecule is Cc1nnnn1C(Cc1ccccc1)C(=O)N1C[C@H]2COCC[C@@]2(C(=O)O)C1. The van der Waals surface area contributed by atoms with Gasteiger partial charge in [0.15, 0.2) is 0 Å². The molecule has 1 N–H and O–H groups in total. The minimum Gasteiger partial charge on any atom is -0.481 e. The van der Waals surface area contributed by atoms with Crippen molar-refractivity contribution in [3.63, 3.8) is 0 Å². The van der Waals surface area contributed by atoms with Crippen molar-refractivity contribution in [2.75, 3.05) is 26.3 Å². The fraction of sp³-hybridized carbons (Fsp3) is 0.526. The van der Waals surface area contributed by atoms with E-state index < -0.39 is 17.4 Å². The van der Waals surface area contributed by atoms with Crippen LogP contribution in [0.4, 0.5) is 0 Å². The Hall–Kier alpha value is -2.81. The second kappa shape index (κ2) is 7.31. The van der Waals surface area contributed by atoms with Crippen molar-refractivity contribution in [2.24, 2.45) is 11.3 Å². The van der Waals surface area contributed by atoms with Crippen LogP contribution < -0.4 is 0 Å². The predicted octanol–water partition coefficient (Wildman–Crippen LogP) is 0.715. The second-order valence-electron chi connectivity index (χ2n) is 7.58. The third kappa shape index (κ3) is 3.15. The molecule has 0 radical (unpaired) electrons. The van der Waals surface area contributed by atoms with Gasteiger partial charge < -0.3 is 14.7 Å². The maximum Gasteiger partial charge on any atom is 0.311 e. The number of carbonyl (C=O) groups excluding carboxylic acids is 1. The van der Waals surface area contributed by atoms with E-state index in [0.29, 0.717) is 38.4 Å². The molecule has 0 saturated carbocycles. The molecule has 28 heavy (non-hydrogen) atoms. The van der Waals surface area contributed by atoms with Gasteiger partial charge in [0, 0.05) is 32.0 Å². The van der Waals surface area contributed by atoms with Crippen molar-refractivity contribution < 1.29 is 19.4 Å². The van der Waals surface area contributed by atoms with E-state index in [0.717, 1.165) is 5.56 Å². The lowest BCUT2D eigenvalue weighted by Crippen LogP contribution is -2.45. The van der Waals surface area contributed by atoms with E-state index in [1.165, 1.54) is 4.68 Å².